The zero-order valence-electron chi connectivity index (χ0n) is 11.0. The fraction of sp³-hybridized carbons (Fsp3) is 0.429. The quantitative estimate of drug-likeness (QED) is 0.833. The summed E-state index contributed by atoms with van der Waals surface area (Å²) in [6.45, 7) is 3.60. The lowest BCUT2D eigenvalue weighted by molar-refractivity contribution is -0.132. The fourth-order valence-electron chi connectivity index (χ4n) is 2.26. The molecule has 0 aliphatic carbocycles. The van der Waals surface area contributed by atoms with Crippen LogP contribution in [0.2, 0.25) is 0 Å². The molecule has 1 atom stereocenters. The van der Waals surface area contributed by atoms with E-state index in [1.54, 1.807) is 4.90 Å². The zero-order chi connectivity index (χ0) is 13.8. The van der Waals surface area contributed by atoms with Gasteiger partial charge in [-0.15, -0.1) is 0 Å². The van der Waals surface area contributed by atoms with Crippen LogP contribution in [0.1, 0.15) is 24.8 Å². The summed E-state index contributed by atoms with van der Waals surface area (Å²) < 4.78 is 5.55. The van der Waals surface area contributed by atoms with Gasteiger partial charge in [0.1, 0.15) is 18.3 Å². The van der Waals surface area contributed by atoms with Gasteiger partial charge in [0.05, 0.1) is 4.99 Å². The number of carbonyl (C=O) groups excluding carboxylic acids is 1. The maximum absolute atomic E-state index is 12.5. The Kier molecular flexibility index (Phi) is 4.37. The molecule has 0 fully saturated rings. The smallest absolute Gasteiger partial charge is 0.233 e. The summed E-state index contributed by atoms with van der Waals surface area (Å²) in [7, 11) is 0. The molecule has 1 aliphatic heterocycles. The third-order valence-electron chi connectivity index (χ3n) is 3.32. The molecule has 4 nitrogen and oxygen atoms in total. The van der Waals surface area contributed by atoms with Crippen molar-refractivity contribution in [1.82, 2.24) is 4.90 Å². The maximum atomic E-state index is 12.5. The number of ether oxygens (including phenoxy) is 1. The van der Waals surface area contributed by atoms with Crippen molar-refractivity contribution in [2.24, 2.45) is 5.73 Å². The lowest BCUT2D eigenvalue weighted by Gasteiger charge is -2.23. The molecule has 0 aromatic heterocycles. The molecular weight excluding hydrogens is 260 g/mol. The molecule has 2 rings (SSSR count). The molecule has 0 saturated heterocycles. The Morgan fingerprint density at radius 1 is 1.53 bits per heavy atom. The monoisotopic (exact) mass is 278 g/mol. The first kappa shape index (κ1) is 13.8. The Balaban J connectivity index is 2.09. The molecule has 0 bridgehead atoms. The Morgan fingerprint density at radius 3 is 2.95 bits per heavy atom. The van der Waals surface area contributed by atoms with Gasteiger partial charge in [-0.25, -0.2) is 0 Å². The van der Waals surface area contributed by atoms with Crippen LogP contribution in [0.3, 0.4) is 0 Å². The third-order valence-corrected chi connectivity index (χ3v) is 3.52. The summed E-state index contributed by atoms with van der Waals surface area (Å²) >= 11 is 4.86. The molecule has 5 heteroatoms. The predicted octanol–water partition coefficient (Wildman–Crippen LogP) is 1.69. The predicted molar refractivity (Wildman–Crippen MR) is 78.3 cm³/mol. The van der Waals surface area contributed by atoms with E-state index in [1.165, 1.54) is 0 Å². The number of thiocarbonyl (C=S) groups is 1. The highest BCUT2D eigenvalue weighted by atomic mass is 32.1. The van der Waals surface area contributed by atoms with Crippen molar-refractivity contribution in [2.75, 3.05) is 19.7 Å². The SMILES string of the molecule is CCN(CCC(N)=S)C(=O)C1COc2ccccc21. The summed E-state index contributed by atoms with van der Waals surface area (Å²) in [6.07, 6.45) is 0.560. The van der Waals surface area contributed by atoms with Gasteiger partial charge in [0.25, 0.3) is 0 Å². The first-order chi connectivity index (χ1) is 9.13. The highest BCUT2D eigenvalue weighted by molar-refractivity contribution is 7.80. The van der Waals surface area contributed by atoms with E-state index in [4.69, 9.17) is 22.7 Å². The second-order valence-corrected chi connectivity index (χ2v) is 5.06. The number of para-hydroxylation sites is 1. The van der Waals surface area contributed by atoms with Crippen LogP contribution >= 0.6 is 12.2 Å². The standard InChI is InChI=1S/C14H18N2O2S/c1-2-16(8-7-13(15)19)14(17)11-9-18-12-6-4-3-5-10(11)12/h3-6,11H,2,7-9H2,1H3,(H2,15,19). The lowest BCUT2D eigenvalue weighted by Crippen LogP contribution is -2.37. The van der Waals surface area contributed by atoms with Gasteiger partial charge in [-0.3, -0.25) is 4.79 Å². The van der Waals surface area contributed by atoms with Crippen LogP contribution in [0.5, 0.6) is 5.75 Å². The van der Waals surface area contributed by atoms with Crippen molar-refractivity contribution < 1.29 is 9.53 Å². The van der Waals surface area contributed by atoms with Crippen LogP contribution in [0.15, 0.2) is 24.3 Å². The Labute approximate surface area is 118 Å². The summed E-state index contributed by atoms with van der Waals surface area (Å²) in [4.78, 5) is 14.7. The van der Waals surface area contributed by atoms with Crippen LogP contribution in [0, 0.1) is 0 Å². The van der Waals surface area contributed by atoms with Crippen LogP contribution in [-0.2, 0) is 4.79 Å². The average Bonchev–Trinajstić information content (AvgIpc) is 2.82. The number of rotatable bonds is 5. The number of hydrogen-bond donors (Lipinski definition) is 1. The fourth-order valence-corrected chi connectivity index (χ4v) is 2.35. The average molecular weight is 278 g/mol. The largest absolute Gasteiger partial charge is 0.492 e. The van der Waals surface area contributed by atoms with E-state index in [1.807, 2.05) is 31.2 Å². The number of carbonyl (C=O) groups is 1. The molecule has 1 unspecified atom stereocenters. The maximum Gasteiger partial charge on any atom is 0.233 e. The molecule has 1 aromatic carbocycles. The lowest BCUT2D eigenvalue weighted by atomic mass is 10.00. The highest BCUT2D eigenvalue weighted by Gasteiger charge is 2.32. The minimum absolute atomic E-state index is 0.0868. The van der Waals surface area contributed by atoms with Crippen LogP contribution in [-0.4, -0.2) is 35.5 Å². The molecule has 1 aliphatic rings. The minimum Gasteiger partial charge on any atom is -0.492 e. The molecule has 0 spiro atoms. The first-order valence-corrected chi connectivity index (χ1v) is 6.83. The first-order valence-electron chi connectivity index (χ1n) is 6.42. The topological polar surface area (TPSA) is 55.6 Å². The molecule has 2 N–H and O–H groups in total. The van der Waals surface area contributed by atoms with E-state index in [2.05, 4.69) is 0 Å². The molecule has 19 heavy (non-hydrogen) atoms. The summed E-state index contributed by atoms with van der Waals surface area (Å²) in [5.74, 6) is 0.692. The van der Waals surface area contributed by atoms with Crippen LogP contribution in [0.4, 0.5) is 0 Å². The zero-order valence-corrected chi connectivity index (χ0v) is 11.8. The number of likely N-dealkylation sites (N-methyl/N-ethyl adjacent to an activating group) is 1. The van der Waals surface area contributed by atoms with E-state index in [0.717, 1.165) is 11.3 Å². The number of fused-ring (bicyclic) bond motifs is 1. The van der Waals surface area contributed by atoms with Gasteiger partial charge in [0.2, 0.25) is 5.91 Å². The number of amides is 1. The van der Waals surface area contributed by atoms with E-state index in [0.29, 0.717) is 31.1 Å². The van der Waals surface area contributed by atoms with Gasteiger partial charge >= 0.3 is 0 Å². The number of nitrogens with two attached hydrogens (primary N) is 1. The van der Waals surface area contributed by atoms with Gasteiger partial charge in [-0.05, 0) is 13.0 Å². The molecule has 1 heterocycles. The number of benzene rings is 1. The van der Waals surface area contributed by atoms with Gasteiger partial charge in [0.15, 0.2) is 0 Å². The van der Waals surface area contributed by atoms with Gasteiger partial charge in [-0.1, -0.05) is 30.4 Å². The molecule has 1 aromatic rings. The van der Waals surface area contributed by atoms with Crippen molar-refractivity contribution in [2.45, 2.75) is 19.3 Å². The van der Waals surface area contributed by atoms with Gasteiger partial charge in [-0.2, -0.15) is 0 Å². The van der Waals surface area contributed by atoms with Crippen LogP contribution < -0.4 is 10.5 Å². The van der Waals surface area contributed by atoms with Crippen molar-refractivity contribution in [3.8, 4) is 5.75 Å². The van der Waals surface area contributed by atoms with E-state index in [-0.39, 0.29) is 11.8 Å². The van der Waals surface area contributed by atoms with E-state index < -0.39 is 0 Å². The Morgan fingerprint density at radius 2 is 2.26 bits per heavy atom. The summed E-state index contributed by atoms with van der Waals surface area (Å²) in [6, 6.07) is 7.69. The summed E-state index contributed by atoms with van der Waals surface area (Å²) in [5.41, 5.74) is 6.47. The van der Waals surface area contributed by atoms with Crippen molar-refractivity contribution in [1.29, 1.82) is 0 Å². The van der Waals surface area contributed by atoms with Crippen LogP contribution in [0.25, 0.3) is 0 Å². The highest BCUT2D eigenvalue weighted by Crippen LogP contribution is 2.34. The van der Waals surface area contributed by atoms with Crippen molar-refractivity contribution in [3.63, 3.8) is 0 Å². The van der Waals surface area contributed by atoms with E-state index >= 15 is 0 Å². The Bertz CT molecular complexity index is 490. The van der Waals surface area contributed by atoms with Gasteiger partial charge < -0.3 is 15.4 Å². The second kappa shape index (κ2) is 6.02. The minimum atomic E-state index is -0.206. The molecular formula is C14H18N2O2S. The molecule has 0 saturated carbocycles. The molecule has 102 valence electrons. The number of nitrogens with zero attached hydrogens (tertiary/aromatic N) is 1. The Hall–Kier alpha value is -1.62. The van der Waals surface area contributed by atoms with Crippen molar-refractivity contribution >= 4 is 23.1 Å². The summed E-state index contributed by atoms with van der Waals surface area (Å²) in [5, 5.41) is 0. The third kappa shape index (κ3) is 3.04. The number of hydrogen-bond acceptors (Lipinski definition) is 3. The van der Waals surface area contributed by atoms with Gasteiger partial charge in [0, 0.05) is 25.1 Å². The molecule has 1 amide bonds. The van der Waals surface area contributed by atoms with E-state index in [9.17, 15) is 4.79 Å². The second-order valence-electron chi connectivity index (χ2n) is 4.54. The normalized spacial score (nSPS) is 16.6. The van der Waals surface area contributed by atoms with Crippen molar-refractivity contribution in [3.05, 3.63) is 29.8 Å². The molecule has 0 radical (unpaired) electrons.